The normalized spacial score (nSPS) is 20.4. The van der Waals surface area contributed by atoms with Gasteiger partial charge in [0.2, 0.25) is 5.91 Å². The largest absolute Gasteiger partial charge is 0.385 e. The first-order valence-electron chi connectivity index (χ1n) is 12.6. The molecular formula is C28H39N3O3. The molecule has 6 nitrogen and oxygen atoms in total. The molecular weight excluding hydrogens is 426 g/mol. The minimum Gasteiger partial charge on any atom is -0.385 e. The van der Waals surface area contributed by atoms with Crippen molar-refractivity contribution < 1.29 is 9.53 Å². The molecule has 1 aliphatic heterocycles. The molecule has 1 saturated carbocycles. The number of carbonyl (C=O) groups excluding carboxylic acids is 1. The van der Waals surface area contributed by atoms with Gasteiger partial charge < -0.3 is 19.5 Å². The molecule has 184 valence electrons. The van der Waals surface area contributed by atoms with Gasteiger partial charge in [0, 0.05) is 52.2 Å². The standard InChI is InChI=1S/C28H39N3O3/c1-19-14-21(6-5-13-34-4)15-23(20(19)2)18-31(24-7-8-24)28(33)26-17-29-11-9-25(26)22-10-12-30(3)27(32)16-22/h10,12,14-16,24-26,29H,5-9,11,13,17-18H2,1-4H3/t25-,26+/m0/s1. The van der Waals surface area contributed by atoms with Crippen LogP contribution in [-0.2, 0) is 29.5 Å². The summed E-state index contributed by atoms with van der Waals surface area (Å²) in [5.74, 6) is 0.155. The average Bonchev–Trinajstić information content (AvgIpc) is 3.67. The van der Waals surface area contributed by atoms with E-state index in [0.29, 0.717) is 19.1 Å². The Morgan fingerprint density at radius 2 is 2.00 bits per heavy atom. The quantitative estimate of drug-likeness (QED) is 0.576. The molecule has 34 heavy (non-hydrogen) atoms. The van der Waals surface area contributed by atoms with Crippen LogP contribution in [0.5, 0.6) is 0 Å². The highest BCUT2D eigenvalue weighted by Gasteiger charge is 2.40. The second kappa shape index (κ2) is 10.9. The summed E-state index contributed by atoms with van der Waals surface area (Å²) in [6.07, 6.45) is 6.82. The number of carbonyl (C=O) groups is 1. The molecule has 1 aromatic heterocycles. The lowest BCUT2D eigenvalue weighted by Crippen LogP contribution is -2.47. The fourth-order valence-corrected chi connectivity index (χ4v) is 5.22. The Hall–Kier alpha value is -2.44. The number of rotatable bonds is 9. The van der Waals surface area contributed by atoms with Crippen molar-refractivity contribution in [2.45, 2.75) is 64.5 Å². The van der Waals surface area contributed by atoms with Gasteiger partial charge in [0.05, 0.1) is 5.92 Å². The number of amides is 1. The van der Waals surface area contributed by atoms with E-state index in [9.17, 15) is 9.59 Å². The molecule has 2 heterocycles. The maximum atomic E-state index is 14.0. The Balaban J connectivity index is 1.58. The minimum atomic E-state index is -0.146. The van der Waals surface area contributed by atoms with Gasteiger partial charge in [-0.2, -0.15) is 0 Å². The Kier molecular flexibility index (Phi) is 7.89. The van der Waals surface area contributed by atoms with Crippen LogP contribution in [0.2, 0.25) is 0 Å². The van der Waals surface area contributed by atoms with Crippen LogP contribution >= 0.6 is 0 Å². The maximum absolute atomic E-state index is 14.0. The molecule has 0 spiro atoms. The number of nitrogens with zero attached hydrogens (tertiary/aromatic N) is 2. The first kappa shape index (κ1) is 24.7. The van der Waals surface area contributed by atoms with Crippen LogP contribution < -0.4 is 10.9 Å². The van der Waals surface area contributed by atoms with Crippen molar-refractivity contribution in [1.29, 1.82) is 0 Å². The lowest BCUT2D eigenvalue weighted by Gasteiger charge is -2.36. The van der Waals surface area contributed by atoms with Crippen LogP contribution in [0.15, 0.2) is 35.3 Å². The fraction of sp³-hybridized carbons (Fsp3) is 0.571. The van der Waals surface area contributed by atoms with E-state index in [1.165, 1.54) is 22.3 Å². The number of pyridine rings is 1. The maximum Gasteiger partial charge on any atom is 0.250 e. The van der Waals surface area contributed by atoms with E-state index < -0.39 is 0 Å². The van der Waals surface area contributed by atoms with Crippen LogP contribution in [0.3, 0.4) is 0 Å². The zero-order valence-corrected chi connectivity index (χ0v) is 21.1. The molecule has 1 aromatic carbocycles. The van der Waals surface area contributed by atoms with Crippen LogP contribution in [0.25, 0.3) is 0 Å². The predicted molar refractivity (Wildman–Crippen MR) is 135 cm³/mol. The molecule has 2 aliphatic rings. The molecule has 2 aromatic rings. The zero-order valence-electron chi connectivity index (χ0n) is 21.1. The number of nitrogens with one attached hydrogen (secondary N) is 1. The monoisotopic (exact) mass is 465 g/mol. The van der Waals surface area contributed by atoms with Gasteiger partial charge in [-0.1, -0.05) is 12.1 Å². The van der Waals surface area contributed by atoms with Crippen LogP contribution in [-0.4, -0.2) is 48.2 Å². The number of piperidine rings is 1. The summed E-state index contributed by atoms with van der Waals surface area (Å²) in [6, 6.07) is 8.62. The van der Waals surface area contributed by atoms with E-state index in [1.807, 2.05) is 12.3 Å². The van der Waals surface area contributed by atoms with E-state index in [2.05, 4.69) is 36.2 Å². The SMILES string of the molecule is COCCCc1cc(C)c(C)c(CN(C(=O)[C@@H]2CNCC[C@H]2c2ccn(C)c(=O)c2)C2CC2)c1. The molecule has 1 aliphatic carbocycles. The van der Waals surface area contributed by atoms with E-state index in [4.69, 9.17) is 4.74 Å². The fourth-order valence-electron chi connectivity index (χ4n) is 5.22. The second-order valence-corrected chi connectivity index (χ2v) is 10.1. The summed E-state index contributed by atoms with van der Waals surface area (Å²) < 4.78 is 6.82. The summed E-state index contributed by atoms with van der Waals surface area (Å²) in [6.45, 7) is 7.29. The summed E-state index contributed by atoms with van der Waals surface area (Å²) >= 11 is 0. The van der Waals surface area contributed by atoms with Gasteiger partial charge in [-0.15, -0.1) is 0 Å². The third kappa shape index (κ3) is 5.61. The van der Waals surface area contributed by atoms with Crippen LogP contribution in [0.1, 0.15) is 59.4 Å². The van der Waals surface area contributed by atoms with Crippen molar-refractivity contribution in [3.8, 4) is 0 Å². The molecule has 2 atom stereocenters. The topological polar surface area (TPSA) is 63.6 Å². The number of aryl methyl sites for hydroxylation is 3. The Labute approximate surface area is 203 Å². The molecule has 1 saturated heterocycles. The Morgan fingerprint density at radius 3 is 2.71 bits per heavy atom. The summed E-state index contributed by atoms with van der Waals surface area (Å²) in [5, 5.41) is 3.44. The Bertz CT molecular complexity index is 1070. The molecule has 0 radical (unpaired) electrons. The van der Waals surface area contributed by atoms with E-state index in [0.717, 1.165) is 50.8 Å². The van der Waals surface area contributed by atoms with Crippen molar-refractivity contribution >= 4 is 5.91 Å². The third-order valence-electron chi connectivity index (χ3n) is 7.62. The number of methoxy groups -OCH3 is 1. The van der Waals surface area contributed by atoms with Gasteiger partial charge in [0.15, 0.2) is 0 Å². The first-order chi connectivity index (χ1) is 16.4. The molecule has 1 amide bonds. The number of aromatic nitrogens is 1. The second-order valence-electron chi connectivity index (χ2n) is 10.1. The lowest BCUT2D eigenvalue weighted by atomic mass is 9.80. The molecule has 4 rings (SSSR count). The number of hydrogen-bond acceptors (Lipinski definition) is 4. The van der Waals surface area contributed by atoms with Crippen molar-refractivity contribution in [2.75, 3.05) is 26.8 Å². The van der Waals surface area contributed by atoms with Crippen molar-refractivity contribution in [3.05, 3.63) is 68.6 Å². The number of hydrogen-bond donors (Lipinski definition) is 1. The highest BCUT2D eigenvalue weighted by Crippen LogP contribution is 2.36. The molecule has 6 heteroatoms. The molecule has 0 unspecified atom stereocenters. The van der Waals surface area contributed by atoms with Gasteiger partial charge >= 0.3 is 0 Å². The summed E-state index contributed by atoms with van der Waals surface area (Å²) in [4.78, 5) is 28.4. The van der Waals surface area contributed by atoms with Crippen LogP contribution in [0.4, 0.5) is 0 Å². The average molecular weight is 466 g/mol. The van der Waals surface area contributed by atoms with Gasteiger partial charge in [0.25, 0.3) is 5.56 Å². The number of ether oxygens (including phenoxy) is 1. The van der Waals surface area contributed by atoms with E-state index in [-0.39, 0.29) is 23.3 Å². The molecule has 2 fully saturated rings. The van der Waals surface area contributed by atoms with E-state index in [1.54, 1.807) is 24.8 Å². The highest BCUT2D eigenvalue weighted by atomic mass is 16.5. The van der Waals surface area contributed by atoms with Gasteiger partial charge in [0.1, 0.15) is 0 Å². The first-order valence-corrected chi connectivity index (χ1v) is 12.6. The summed E-state index contributed by atoms with van der Waals surface area (Å²) in [7, 11) is 3.51. The predicted octanol–water partition coefficient (Wildman–Crippen LogP) is 3.47. The van der Waals surface area contributed by atoms with Gasteiger partial charge in [-0.3, -0.25) is 9.59 Å². The molecule has 0 bridgehead atoms. The lowest BCUT2D eigenvalue weighted by molar-refractivity contribution is -0.138. The number of benzene rings is 1. The van der Waals surface area contributed by atoms with E-state index >= 15 is 0 Å². The van der Waals surface area contributed by atoms with Crippen molar-refractivity contribution in [1.82, 2.24) is 14.8 Å². The highest BCUT2D eigenvalue weighted by molar-refractivity contribution is 5.81. The summed E-state index contributed by atoms with van der Waals surface area (Å²) in [5.41, 5.74) is 6.10. The Morgan fingerprint density at radius 1 is 1.21 bits per heavy atom. The van der Waals surface area contributed by atoms with Crippen LogP contribution in [0, 0.1) is 19.8 Å². The van der Waals surface area contributed by atoms with Gasteiger partial charge in [-0.25, -0.2) is 0 Å². The minimum absolute atomic E-state index is 0.0160. The van der Waals surface area contributed by atoms with Crippen molar-refractivity contribution in [2.24, 2.45) is 13.0 Å². The third-order valence-corrected chi connectivity index (χ3v) is 7.62. The van der Waals surface area contributed by atoms with Crippen molar-refractivity contribution in [3.63, 3.8) is 0 Å². The van der Waals surface area contributed by atoms with Gasteiger partial charge in [-0.05, 0) is 92.3 Å². The zero-order chi connectivity index (χ0) is 24.2. The smallest absolute Gasteiger partial charge is 0.250 e. The molecule has 1 N–H and O–H groups in total.